The average Bonchev–Trinajstić information content (AvgIpc) is 3.28. The standard InChI is InChI=1S/C24H24Cl2N6O4/c25-17-2-1-3-18(26)20(17)22(34)32-19(23(35)36)10-13-4-7-15(8-5-13)30-21(33)14-6-9-16(11-14)31-24(28)29-12-27/h1-5,7-8,14,16,19H,6,9-11H2,(H,30,33)(H,32,34)(H,35,36)(H3,28,29,31)/t14-,16+,19+/m1/s1. The molecule has 3 rings (SSSR count). The van der Waals surface area contributed by atoms with Crippen molar-refractivity contribution in [1.29, 1.82) is 5.26 Å². The topological polar surface area (TPSA) is 170 Å². The quantitative estimate of drug-likeness (QED) is 0.198. The van der Waals surface area contributed by atoms with Gasteiger partial charge in [-0.25, -0.2) is 4.79 Å². The summed E-state index contributed by atoms with van der Waals surface area (Å²) in [6.45, 7) is 0. The molecule has 1 aliphatic carbocycles. The van der Waals surface area contributed by atoms with Crippen molar-refractivity contribution in [3.63, 3.8) is 0 Å². The Bertz CT molecular complexity index is 1190. The first-order valence-electron chi connectivity index (χ1n) is 11.0. The first-order valence-corrected chi connectivity index (χ1v) is 11.8. The third kappa shape index (κ3) is 7.10. The molecular weight excluding hydrogens is 507 g/mol. The van der Waals surface area contributed by atoms with Gasteiger partial charge in [-0.15, -0.1) is 4.99 Å². The van der Waals surface area contributed by atoms with Gasteiger partial charge in [0, 0.05) is 24.1 Å². The molecule has 1 aliphatic rings. The van der Waals surface area contributed by atoms with Gasteiger partial charge in [-0.2, -0.15) is 5.26 Å². The molecule has 3 atom stereocenters. The van der Waals surface area contributed by atoms with Gasteiger partial charge in [0.1, 0.15) is 6.04 Å². The second-order valence-corrected chi connectivity index (χ2v) is 9.11. The highest BCUT2D eigenvalue weighted by molar-refractivity contribution is 6.39. The lowest BCUT2D eigenvalue weighted by atomic mass is 10.0. The fraction of sp³-hybridized carbons (Fsp3) is 0.292. The normalized spacial score (nSPS) is 18.1. The number of nitrogens with two attached hydrogens (primary N) is 1. The molecule has 0 bridgehead atoms. The number of hydrogen-bond donors (Lipinski definition) is 5. The second kappa shape index (κ2) is 12.2. The molecule has 0 aliphatic heterocycles. The van der Waals surface area contributed by atoms with E-state index in [1.165, 1.54) is 12.1 Å². The lowest BCUT2D eigenvalue weighted by Crippen LogP contribution is -2.42. The van der Waals surface area contributed by atoms with E-state index in [2.05, 4.69) is 20.9 Å². The fourth-order valence-corrected chi connectivity index (χ4v) is 4.56. The number of benzene rings is 2. The average molecular weight is 531 g/mol. The molecule has 36 heavy (non-hydrogen) atoms. The molecule has 2 aromatic rings. The van der Waals surface area contributed by atoms with Crippen molar-refractivity contribution in [1.82, 2.24) is 10.6 Å². The van der Waals surface area contributed by atoms with Gasteiger partial charge in [0.2, 0.25) is 18.1 Å². The van der Waals surface area contributed by atoms with Gasteiger partial charge in [0.15, 0.2) is 0 Å². The zero-order valence-electron chi connectivity index (χ0n) is 19.0. The predicted octanol–water partition coefficient (Wildman–Crippen LogP) is 2.91. The number of carbonyl (C=O) groups is 3. The maximum absolute atomic E-state index is 12.6. The van der Waals surface area contributed by atoms with E-state index in [4.69, 9.17) is 34.2 Å². The van der Waals surface area contributed by atoms with E-state index in [0.29, 0.717) is 24.1 Å². The number of halogens is 2. The van der Waals surface area contributed by atoms with E-state index >= 15 is 0 Å². The maximum Gasteiger partial charge on any atom is 0.326 e. The highest BCUT2D eigenvalue weighted by Gasteiger charge is 2.30. The van der Waals surface area contributed by atoms with Crippen LogP contribution in [-0.4, -0.2) is 40.9 Å². The van der Waals surface area contributed by atoms with E-state index < -0.39 is 17.9 Å². The number of carboxylic acids is 1. The Morgan fingerprint density at radius 3 is 2.42 bits per heavy atom. The number of aliphatic carboxylic acids is 1. The van der Waals surface area contributed by atoms with E-state index in [0.717, 1.165) is 6.42 Å². The number of nitrogens with zero attached hydrogens (tertiary/aromatic N) is 2. The molecule has 12 heteroatoms. The molecule has 188 valence electrons. The predicted molar refractivity (Wildman–Crippen MR) is 136 cm³/mol. The van der Waals surface area contributed by atoms with Gasteiger partial charge < -0.3 is 26.8 Å². The smallest absolute Gasteiger partial charge is 0.326 e. The highest BCUT2D eigenvalue weighted by atomic mass is 35.5. The highest BCUT2D eigenvalue weighted by Crippen LogP contribution is 2.27. The Kier molecular flexibility index (Phi) is 9.11. The zero-order chi connectivity index (χ0) is 26.2. The molecule has 6 N–H and O–H groups in total. The van der Waals surface area contributed by atoms with Crippen molar-refractivity contribution in [2.24, 2.45) is 16.6 Å². The lowest BCUT2D eigenvalue weighted by molar-refractivity contribution is -0.139. The molecule has 0 unspecified atom stereocenters. The summed E-state index contributed by atoms with van der Waals surface area (Å²) in [6, 6.07) is 10.0. The van der Waals surface area contributed by atoms with Crippen molar-refractivity contribution in [2.75, 3.05) is 5.32 Å². The third-order valence-electron chi connectivity index (χ3n) is 5.78. The Hall–Kier alpha value is -3.81. The number of aliphatic imine (C=N–C) groups is 1. The molecule has 0 aromatic heterocycles. The molecule has 0 spiro atoms. The van der Waals surface area contributed by atoms with Gasteiger partial charge in [-0.05, 0) is 49.1 Å². The van der Waals surface area contributed by atoms with Crippen LogP contribution in [0.5, 0.6) is 0 Å². The summed E-state index contributed by atoms with van der Waals surface area (Å²) in [5.41, 5.74) is 6.80. The molecule has 1 saturated carbocycles. The summed E-state index contributed by atoms with van der Waals surface area (Å²) in [6.07, 6.45) is 3.56. The number of rotatable bonds is 8. The van der Waals surface area contributed by atoms with Crippen LogP contribution in [0, 0.1) is 17.4 Å². The van der Waals surface area contributed by atoms with Crippen LogP contribution < -0.4 is 21.7 Å². The summed E-state index contributed by atoms with van der Waals surface area (Å²) < 4.78 is 0. The van der Waals surface area contributed by atoms with Crippen molar-refractivity contribution in [3.8, 4) is 6.19 Å². The first-order chi connectivity index (χ1) is 17.2. The van der Waals surface area contributed by atoms with Gasteiger partial charge in [0.25, 0.3) is 5.91 Å². The number of carbonyl (C=O) groups excluding carboxylic acids is 2. The van der Waals surface area contributed by atoms with Crippen LogP contribution in [0.3, 0.4) is 0 Å². The number of anilines is 1. The van der Waals surface area contributed by atoms with Crippen LogP contribution in [0.15, 0.2) is 47.5 Å². The van der Waals surface area contributed by atoms with Crippen LogP contribution in [0.4, 0.5) is 5.69 Å². The fourth-order valence-electron chi connectivity index (χ4n) is 4.00. The monoisotopic (exact) mass is 530 g/mol. The number of amides is 2. The SMILES string of the molecule is N#C/N=C(\N)N[C@H]1CC[C@@H](C(=O)Nc2ccc(C[C@H](NC(=O)c3c(Cl)cccc3Cl)C(=O)O)cc2)C1. The minimum atomic E-state index is -1.22. The number of guanidine groups is 1. The first kappa shape index (κ1) is 26.8. The minimum absolute atomic E-state index is 0.00882. The summed E-state index contributed by atoms with van der Waals surface area (Å²) in [7, 11) is 0. The van der Waals surface area contributed by atoms with Gasteiger partial charge in [-0.1, -0.05) is 41.4 Å². The molecule has 1 fully saturated rings. The summed E-state index contributed by atoms with van der Waals surface area (Å²) in [5, 5.41) is 26.6. The molecule has 2 aromatic carbocycles. The lowest BCUT2D eigenvalue weighted by Gasteiger charge is -2.16. The van der Waals surface area contributed by atoms with Crippen LogP contribution in [-0.2, 0) is 16.0 Å². The second-order valence-electron chi connectivity index (χ2n) is 8.30. The van der Waals surface area contributed by atoms with E-state index in [-0.39, 0.29) is 45.9 Å². The van der Waals surface area contributed by atoms with Crippen molar-refractivity contribution in [2.45, 2.75) is 37.8 Å². The molecule has 0 heterocycles. The zero-order valence-corrected chi connectivity index (χ0v) is 20.5. The molecular formula is C24H24Cl2N6O4. The molecule has 0 saturated heterocycles. The Labute approximate surface area is 217 Å². The van der Waals surface area contributed by atoms with Crippen LogP contribution in [0.1, 0.15) is 35.2 Å². The molecule has 0 radical (unpaired) electrons. The maximum atomic E-state index is 12.6. The number of carboxylic acid groups (broad SMARTS) is 1. The van der Waals surface area contributed by atoms with Crippen LogP contribution in [0.2, 0.25) is 10.0 Å². The van der Waals surface area contributed by atoms with Gasteiger partial charge in [0.05, 0.1) is 15.6 Å². The van der Waals surface area contributed by atoms with Crippen molar-refractivity contribution >= 4 is 52.6 Å². The molecule has 2 amide bonds. The Morgan fingerprint density at radius 1 is 1.14 bits per heavy atom. The van der Waals surface area contributed by atoms with Crippen LogP contribution >= 0.6 is 23.2 Å². The minimum Gasteiger partial charge on any atom is -0.480 e. The number of hydrogen-bond acceptors (Lipinski definition) is 5. The van der Waals surface area contributed by atoms with E-state index in [1.54, 1.807) is 36.5 Å². The van der Waals surface area contributed by atoms with Gasteiger partial charge in [-0.3, -0.25) is 9.59 Å². The Morgan fingerprint density at radius 2 is 1.81 bits per heavy atom. The van der Waals surface area contributed by atoms with E-state index in [1.807, 2.05) is 0 Å². The van der Waals surface area contributed by atoms with Crippen molar-refractivity contribution in [3.05, 3.63) is 63.6 Å². The Balaban J connectivity index is 1.57. The summed E-state index contributed by atoms with van der Waals surface area (Å²) in [4.78, 5) is 40.4. The van der Waals surface area contributed by atoms with Gasteiger partial charge >= 0.3 is 5.97 Å². The van der Waals surface area contributed by atoms with Crippen molar-refractivity contribution < 1.29 is 19.5 Å². The van der Waals surface area contributed by atoms with E-state index in [9.17, 15) is 19.5 Å². The number of nitrogens with one attached hydrogen (secondary N) is 3. The van der Waals surface area contributed by atoms with Crippen LogP contribution in [0.25, 0.3) is 0 Å². The largest absolute Gasteiger partial charge is 0.480 e. The summed E-state index contributed by atoms with van der Waals surface area (Å²) in [5.74, 6) is -2.24. The third-order valence-corrected chi connectivity index (χ3v) is 6.41. The number of nitriles is 1. The molecule has 10 nitrogen and oxygen atoms in total. The summed E-state index contributed by atoms with van der Waals surface area (Å²) >= 11 is 12.1.